The standard InChI is InChI=1S/C12H15N3O3S/c1-15-9-7-10(14-15)6-8-13-19(17,18)12-4-2-11(16)3-5-12/h2-5,7,9,13,16H,6,8H2,1H3. The number of phenolic OH excluding ortho intramolecular Hbond substituents is 1. The van der Waals surface area contributed by atoms with Crippen molar-refractivity contribution in [2.75, 3.05) is 6.54 Å². The third kappa shape index (κ3) is 3.55. The number of aromatic hydroxyl groups is 1. The van der Waals surface area contributed by atoms with Gasteiger partial charge in [0.1, 0.15) is 5.75 Å². The summed E-state index contributed by atoms with van der Waals surface area (Å²) in [5.41, 5.74) is 0.830. The molecule has 0 atom stereocenters. The molecule has 0 saturated heterocycles. The van der Waals surface area contributed by atoms with E-state index >= 15 is 0 Å². The zero-order chi connectivity index (χ0) is 13.9. The first kappa shape index (κ1) is 13.6. The number of benzene rings is 1. The normalized spacial score (nSPS) is 11.6. The van der Waals surface area contributed by atoms with E-state index < -0.39 is 10.0 Å². The van der Waals surface area contributed by atoms with Crippen molar-refractivity contribution in [1.82, 2.24) is 14.5 Å². The molecule has 0 aliphatic heterocycles. The van der Waals surface area contributed by atoms with E-state index in [0.29, 0.717) is 6.42 Å². The zero-order valence-corrected chi connectivity index (χ0v) is 11.3. The van der Waals surface area contributed by atoms with Gasteiger partial charge in [-0.2, -0.15) is 5.10 Å². The summed E-state index contributed by atoms with van der Waals surface area (Å²) in [6.07, 6.45) is 2.34. The van der Waals surface area contributed by atoms with Crippen molar-refractivity contribution >= 4 is 10.0 Å². The third-order valence-corrected chi connectivity index (χ3v) is 4.07. The van der Waals surface area contributed by atoms with Crippen LogP contribution in [0.2, 0.25) is 0 Å². The highest BCUT2D eigenvalue weighted by Gasteiger charge is 2.13. The Bertz CT molecular complexity index is 647. The summed E-state index contributed by atoms with van der Waals surface area (Å²) in [6.45, 7) is 0.278. The molecule has 1 aromatic heterocycles. The van der Waals surface area contributed by atoms with Gasteiger partial charge in [0.05, 0.1) is 10.6 Å². The molecular weight excluding hydrogens is 266 g/mol. The summed E-state index contributed by atoms with van der Waals surface area (Å²) in [5, 5.41) is 13.3. The fourth-order valence-corrected chi connectivity index (χ4v) is 2.65. The Morgan fingerprint density at radius 3 is 2.53 bits per heavy atom. The number of nitrogens with one attached hydrogen (secondary N) is 1. The Morgan fingerprint density at radius 1 is 1.26 bits per heavy atom. The molecule has 2 N–H and O–H groups in total. The van der Waals surface area contributed by atoms with Crippen LogP contribution in [0.1, 0.15) is 5.69 Å². The van der Waals surface area contributed by atoms with Crippen molar-refractivity contribution in [3.8, 4) is 5.75 Å². The van der Waals surface area contributed by atoms with Crippen LogP contribution in [-0.2, 0) is 23.5 Å². The van der Waals surface area contributed by atoms with Crippen LogP contribution in [0.15, 0.2) is 41.4 Å². The van der Waals surface area contributed by atoms with Crippen molar-refractivity contribution in [2.45, 2.75) is 11.3 Å². The van der Waals surface area contributed by atoms with Gasteiger partial charge in [-0.25, -0.2) is 13.1 Å². The first-order valence-electron chi connectivity index (χ1n) is 5.74. The number of nitrogens with zero attached hydrogens (tertiary/aromatic N) is 2. The second kappa shape index (κ2) is 5.41. The van der Waals surface area contributed by atoms with Crippen LogP contribution in [0.4, 0.5) is 0 Å². The highest BCUT2D eigenvalue weighted by molar-refractivity contribution is 7.89. The summed E-state index contributed by atoms with van der Waals surface area (Å²) in [6, 6.07) is 7.24. The minimum Gasteiger partial charge on any atom is -0.508 e. The van der Waals surface area contributed by atoms with Crippen molar-refractivity contribution in [3.63, 3.8) is 0 Å². The molecule has 0 saturated carbocycles. The van der Waals surface area contributed by atoms with Crippen LogP contribution in [0.25, 0.3) is 0 Å². The maximum Gasteiger partial charge on any atom is 0.240 e. The third-order valence-electron chi connectivity index (χ3n) is 2.59. The maximum absolute atomic E-state index is 11.9. The van der Waals surface area contributed by atoms with Crippen LogP contribution >= 0.6 is 0 Å². The summed E-state index contributed by atoms with van der Waals surface area (Å²) in [4.78, 5) is 0.131. The molecule has 2 aromatic rings. The van der Waals surface area contributed by atoms with Gasteiger partial charge < -0.3 is 5.11 Å². The molecule has 7 heteroatoms. The molecule has 0 radical (unpaired) electrons. The number of rotatable bonds is 5. The molecule has 0 aliphatic carbocycles. The lowest BCUT2D eigenvalue weighted by molar-refractivity contribution is 0.474. The molecule has 0 aliphatic rings. The lowest BCUT2D eigenvalue weighted by Gasteiger charge is -2.05. The van der Waals surface area contributed by atoms with E-state index in [-0.39, 0.29) is 17.2 Å². The molecule has 1 aromatic carbocycles. The van der Waals surface area contributed by atoms with E-state index in [0.717, 1.165) is 5.69 Å². The second-order valence-corrected chi connectivity index (χ2v) is 5.89. The van der Waals surface area contributed by atoms with Crippen LogP contribution in [0, 0.1) is 0 Å². The molecule has 0 amide bonds. The fourth-order valence-electron chi connectivity index (χ4n) is 1.62. The van der Waals surface area contributed by atoms with Gasteiger partial charge in [0.15, 0.2) is 0 Å². The minimum absolute atomic E-state index is 0.0347. The van der Waals surface area contributed by atoms with Gasteiger partial charge in [0.2, 0.25) is 10.0 Å². The van der Waals surface area contributed by atoms with Crippen LogP contribution in [0.3, 0.4) is 0 Å². The van der Waals surface area contributed by atoms with Gasteiger partial charge in [0, 0.05) is 26.2 Å². The molecule has 0 bridgehead atoms. The molecule has 1 heterocycles. The van der Waals surface area contributed by atoms with Crippen molar-refractivity contribution in [2.24, 2.45) is 7.05 Å². The van der Waals surface area contributed by atoms with E-state index in [1.807, 2.05) is 19.3 Å². The minimum atomic E-state index is -3.54. The Balaban J connectivity index is 1.96. The second-order valence-electron chi connectivity index (χ2n) is 4.12. The number of phenols is 1. The van der Waals surface area contributed by atoms with E-state index in [9.17, 15) is 8.42 Å². The molecule has 6 nitrogen and oxygen atoms in total. The van der Waals surface area contributed by atoms with Crippen LogP contribution in [0.5, 0.6) is 5.75 Å². The lowest BCUT2D eigenvalue weighted by Crippen LogP contribution is -2.26. The first-order chi connectivity index (χ1) is 8.97. The van der Waals surface area contributed by atoms with Crippen molar-refractivity contribution in [3.05, 3.63) is 42.2 Å². The predicted octanol–water partition coefficient (Wildman–Crippen LogP) is 0.647. The van der Waals surface area contributed by atoms with E-state index in [1.165, 1.54) is 24.3 Å². The smallest absolute Gasteiger partial charge is 0.240 e. The van der Waals surface area contributed by atoms with Gasteiger partial charge >= 0.3 is 0 Å². The van der Waals surface area contributed by atoms with Gasteiger partial charge in [-0.15, -0.1) is 0 Å². The van der Waals surface area contributed by atoms with E-state index in [4.69, 9.17) is 5.11 Å². The fraction of sp³-hybridized carbons (Fsp3) is 0.250. The average molecular weight is 281 g/mol. The largest absolute Gasteiger partial charge is 0.508 e. The van der Waals surface area contributed by atoms with Gasteiger partial charge in [-0.3, -0.25) is 4.68 Å². The average Bonchev–Trinajstić information content (AvgIpc) is 2.75. The van der Waals surface area contributed by atoms with Crippen molar-refractivity contribution < 1.29 is 13.5 Å². The summed E-state index contributed by atoms with van der Waals surface area (Å²) < 4.78 is 28.0. The number of aryl methyl sites for hydroxylation is 1. The first-order valence-corrected chi connectivity index (χ1v) is 7.23. The summed E-state index contributed by atoms with van der Waals surface area (Å²) in [5.74, 6) is 0.0347. The van der Waals surface area contributed by atoms with Crippen LogP contribution < -0.4 is 4.72 Å². The lowest BCUT2D eigenvalue weighted by atomic mass is 10.3. The Hall–Kier alpha value is -1.86. The predicted molar refractivity (Wildman–Crippen MR) is 70.2 cm³/mol. The van der Waals surface area contributed by atoms with E-state index in [1.54, 1.807) is 4.68 Å². The number of sulfonamides is 1. The highest BCUT2D eigenvalue weighted by atomic mass is 32.2. The molecule has 0 spiro atoms. The van der Waals surface area contributed by atoms with Gasteiger partial charge in [0.25, 0.3) is 0 Å². The summed E-state index contributed by atoms with van der Waals surface area (Å²) >= 11 is 0. The molecule has 0 unspecified atom stereocenters. The molecule has 0 fully saturated rings. The van der Waals surface area contributed by atoms with Gasteiger partial charge in [-0.05, 0) is 30.3 Å². The quantitative estimate of drug-likeness (QED) is 0.842. The van der Waals surface area contributed by atoms with Gasteiger partial charge in [-0.1, -0.05) is 0 Å². The number of aromatic nitrogens is 2. The number of hydrogen-bond acceptors (Lipinski definition) is 4. The Morgan fingerprint density at radius 2 is 1.95 bits per heavy atom. The topological polar surface area (TPSA) is 84.2 Å². The zero-order valence-electron chi connectivity index (χ0n) is 10.4. The highest BCUT2D eigenvalue weighted by Crippen LogP contribution is 2.13. The molecule has 19 heavy (non-hydrogen) atoms. The monoisotopic (exact) mass is 281 g/mol. The Kier molecular flexibility index (Phi) is 3.87. The number of hydrogen-bond donors (Lipinski definition) is 2. The maximum atomic E-state index is 11.9. The summed E-state index contributed by atoms with van der Waals surface area (Å²) in [7, 11) is -1.73. The molecule has 102 valence electrons. The SMILES string of the molecule is Cn1ccc(CCNS(=O)(=O)c2ccc(O)cc2)n1. The molecule has 2 rings (SSSR count). The molecular formula is C12H15N3O3S. The van der Waals surface area contributed by atoms with E-state index in [2.05, 4.69) is 9.82 Å². The van der Waals surface area contributed by atoms with Crippen LogP contribution in [-0.4, -0.2) is 29.8 Å². The Labute approximate surface area is 111 Å². The van der Waals surface area contributed by atoms with Crippen molar-refractivity contribution in [1.29, 1.82) is 0 Å².